The van der Waals surface area contributed by atoms with Crippen LogP contribution in [0.4, 0.5) is 4.39 Å². The zero-order valence-corrected chi connectivity index (χ0v) is 32.9. The number of likely N-dealkylation sites (N-methyl/N-ethyl adjacent to an activating group) is 2. The van der Waals surface area contributed by atoms with Crippen molar-refractivity contribution in [2.24, 2.45) is 0 Å². The van der Waals surface area contributed by atoms with E-state index in [4.69, 9.17) is 9.97 Å². The van der Waals surface area contributed by atoms with E-state index in [1.165, 1.54) is 6.07 Å². The number of aromatic nitrogens is 4. The molecule has 2 saturated heterocycles. The molecule has 0 unspecified atom stereocenters. The Morgan fingerprint density at radius 2 is 1.05 bits per heavy atom. The SMILES string of the molecule is CN(C)[C@@H](C(=O)N1CCC[C@H]1c1ncc(-c2ccc(-c3ccc(-c4cnc([C@@H]5CCCN5C(=O)[C@@H](c5ccccc5F)N(C)C)[nH]4)cc3)cc2)[nH]1)c1ccccc1. The van der Waals surface area contributed by atoms with Gasteiger partial charge in [0.2, 0.25) is 11.8 Å². The van der Waals surface area contributed by atoms with Crippen molar-refractivity contribution in [3.8, 4) is 33.6 Å². The molecule has 4 atom stereocenters. The minimum Gasteiger partial charge on any atom is -0.340 e. The highest BCUT2D eigenvalue weighted by Crippen LogP contribution is 2.37. The number of carbonyl (C=O) groups is 2. The van der Waals surface area contributed by atoms with Gasteiger partial charge in [0, 0.05) is 18.7 Å². The topological polar surface area (TPSA) is 104 Å². The first-order chi connectivity index (χ1) is 27.7. The van der Waals surface area contributed by atoms with Gasteiger partial charge in [0.05, 0.1) is 35.9 Å². The number of nitrogens with zero attached hydrogens (tertiary/aromatic N) is 6. The molecule has 4 aromatic carbocycles. The maximum atomic E-state index is 14.8. The largest absolute Gasteiger partial charge is 0.340 e. The van der Waals surface area contributed by atoms with Crippen molar-refractivity contribution in [3.63, 3.8) is 0 Å². The van der Waals surface area contributed by atoms with Crippen LogP contribution in [-0.2, 0) is 9.59 Å². The molecule has 0 saturated carbocycles. The van der Waals surface area contributed by atoms with Crippen molar-refractivity contribution in [1.82, 2.24) is 39.5 Å². The van der Waals surface area contributed by atoms with Crippen LogP contribution < -0.4 is 0 Å². The van der Waals surface area contributed by atoms with Crippen molar-refractivity contribution in [3.05, 3.63) is 144 Å². The molecule has 0 bridgehead atoms. The maximum Gasteiger partial charge on any atom is 0.245 e. The second-order valence-corrected chi connectivity index (χ2v) is 15.6. The van der Waals surface area contributed by atoms with E-state index in [0.717, 1.165) is 76.5 Å². The highest BCUT2D eigenvalue weighted by molar-refractivity contribution is 5.85. The fourth-order valence-electron chi connectivity index (χ4n) is 8.56. The number of aromatic amines is 2. The highest BCUT2D eigenvalue weighted by atomic mass is 19.1. The molecule has 8 rings (SSSR count). The Bertz CT molecular complexity index is 2320. The third kappa shape index (κ3) is 7.65. The lowest BCUT2D eigenvalue weighted by atomic mass is 10.0. The van der Waals surface area contributed by atoms with Crippen LogP contribution in [0.25, 0.3) is 33.6 Å². The summed E-state index contributed by atoms with van der Waals surface area (Å²) in [5.41, 5.74) is 7.34. The quantitative estimate of drug-likeness (QED) is 0.138. The van der Waals surface area contributed by atoms with Crippen molar-refractivity contribution in [1.29, 1.82) is 0 Å². The number of rotatable bonds is 11. The Morgan fingerprint density at radius 1 is 0.614 bits per heavy atom. The molecular weight excluding hydrogens is 716 g/mol. The summed E-state index contributed by atoms with van der Waals surface area (Å²) >= 11 is 0. The van der Waals surface area contributed by atoms with E-state index in [9.17, 15) is 14.0 Å². The van der Waals surface area contributed by atoms with Gasteiger partial charge in [0.15, 0.2) is 0 Å². The molecule has 4 heterocycles. The van der Waals surface area contributed by atoms with Crippen molar-refractivity contribution in [2.75, 3.05) is 41.3 Å². The normalized spacial score (nSPS) is 18.1. The minimum absolute atomic E-state index is 0.0956. The van der Waals surface area contributed by atoms with Crippen LogP contribution in [-0.4, -0.2) is 92.6 Å². The number of halogens is 1. The van der Waals surface area contributed by atoms with Gasteiger partial charge in [-0.15, -0.1) is 0 Å². The first kappa shape index (κ1) is 38.0. The number of carbonyl (C=O) groups excluding carboxylic acids is 2. The van der Waals surface area contributed by atoms with E-state index in [1.54, 1.807) is 37.2 Å². The predicted octanol–water partition coefficient (Wildman–Crippen LogP) is 8.21. The number of benzene rings is 4. The maximum absolute atomic E-state index is 14.8. The second kappa shape index (κ2) is 16.3. The zero-order chi connectivity index (χ0) is 39.6. The van der Waals surface area contributed by atoms with Crippen molar-refractivity contribution in [2.45, 2.75) is 49.9 Å². The fraction of sp³-hybridized carbons (Fsp3) is 0.304. The Hall–Kier alpha value is -5.91. The Labute approximate surface area is 333 Å². The number of nitrogens with one attached hydrogen (secondary N) is 2. The molecule has 2 fully saturated rings. The minimum atomic E-state index is -0.721. The van der Waals surface area contributed by atoms with Gasteiger partial charge in [-0.1, -0.05) is 97.1 Å². The highest BCUT2D eigenvalue weighted by Gasteiger charge is 2.39. The summed E-state index contributed by atoms with van der Waals surface area (Å²) in [6, 6.07) is 31.8. The smallest absolute Gasteiger partial charge is 0.245 e. The van der Waals surface area contributed by atoms with Crippen LogP contribution in [0.2, 0.25) is 0 Å². The molecule has 2 amide bonds. The summed E-state index contributed by atoms with van der Waals surface area (Å²) < 4.78 is 14.8. The number of imidazole rings is 2. The van der Waals surface area contributed by atoms with Gasteiger partial charge in [-0.3, -0.25) is 19.4 Å². The molecule has 6 aromatic rings. The van der Waals surface area contributed by atoms with E-state index < -0.39 is 6.04 Å². The molecule has 2 aliphatic heterocycles. The summed E-state index contributed by atoms with van der Waals surface area (Å²) in [5, 5.41) is 0. The number of hydrogen-bond acceptors (Lipinski definition) is 6. The fourth-order valence-corrected chi connectivity index (χ4v) is 8.56. The van der Waals surface area contributed by atoms with Crippen molar-refractivity contribution >= 4 is 11.8 Å². The molecule has 0 radical (unpaired) electrons. The van der Waals surface area contributed by atoms with Gasteiger partial charge in [0.25, 0.3) is 0 Å². The lowest BCUT2D eigenvalue weighted by molar-refractivity contribution is -0.138. The van der Waals surface area contributed by atoms with Crippen LogP contribution in [0, 0.1) is 5.82 Å². The Morgan fingerprint density at radius 3 is 1.53 bits per heavy atom. The summed E-state index contributed by atoms with van der Waals surface area (Å²) in [6.07, 6.45) is 7.14. The van der Waals surface area contributed by atoms with E-state index in [-0.39, 0.29) is 35.8 Å². The van der Waals surface area contributed by atoms with Gasteiger partial charge in [0.1, 0.15) is 29.5 Å². The lowest BCUT2D eigenvalue weighted by Crippen LogP contribution is -2.40. The molecular formula is C46H49FN8O2. The number of hydrogen-bond donors (Lipinski definition) is 2. The van der Waals surface area contributed by atoms with E-state index >= 15 is 0 Å². The lowest BCUT2D eigenvalue weighted by Gasteiger charge is -2.31. The van der Waals surface area contributed by atoms with Gasteiger partial charge in [-0.05, 0) is 87.8 Å². The number of likely N-dealkylation sites (tertiary alicyclic amines) is 2. The van der Waals surface area contributed by atoms with Gasteiger partial charge < -0.3 is 19.8 Å². The van der Waals surface area contributed by atoms with Crippen LogP contribution in [0.1, 0.15) is 72.6 Å². The molecule has 2 N–H and O–H groups in total. The molecule has 57 heavy (non-hydrogen) atoms. The first-order valence-electron chi connectivity index (χ1n) is 19.7. The van der Waals surface area contributed by atoms with E-state index in [1.807, 2.05) is 71.5 Å². The third-order valence-corrected chi connectivity index (χ3v) is 11.4. The van der Waals surface area contributed by atoms with Gasteiger partial charge >= 0.3 is 0 Å². The van der Waals surface area contributed by atoms with Crippen LogP contribution >= 0.6 is 0 Å². The molecule has 11 heteroatoms. The Balaban J connectivity index is 0.933. The predicted molar refractivity (Wildman–Crippen MR) is 220 cm³/mol. The second-order valence-electron chi connectivity index (χ2n) is 15.6. The molecule has 10 nitrogen and oxygen atoms in total. The average molecular weight is 765 g/mol. The molecule has 2 aromatic heterocycles. The third-order valence-electron chi connectivity index (χ3n) is 11.4. The van der Waals surface area contributed by atoms with Crippen LogP contribution in [0.5, 0.6) is 0 Å². The summed E-state index contributed by atoms with van der Waals surface area (Å²) in [5.74, 6) is 1.14. The summed E-state index contributed by atoms with van der Waals surface area (Å²) in [7, 11) is 7.52. The number of amides is 2. The Kier molecular flexibility index (Phi) is 10.9. The summed E-state index contributed by atoms with van der Waals surface area (Å²) in [6.45, 7) is 1.31. The first-order valence-corrected chi connectivity index (χ1v) is 19.7. The monoisotopic (exact) mass is 764 g/mol. The van der Waals surface area contributed by atoms with Crippen LogP contribution in [0.3, 0.4) is 0 Å². The standard InChI is InChI=1S/C46H49FN8O2/c1-52(2)41(34-12-6-5-7-13-34)45(56)54-26-10-16-39(54)43-48-28-37(50-43)32-22-18-30(19-23-32)31-20-24-33(25-21-31)38-29-49-44(51-38)40-17-11-27-55(40)46(57)42(53(3)4)35-14-8-9-15-36(35)47/h5-9,12-15,18-25,28-29,39-42H,10-11,16-17,26-27H2,1-4H3,(H,48,50)(H,49,51)/t39-,40-,41+,42+/m0/s1. The number of H-pyrrole nitrogens is 2. The van der Waals surface area contributed by atoms with Gasteiger partial charge in [-0.25, -0.2) is 14.4 Å². The van der Waals surface area contributed by atoms with E-state index in [0.29, 0.717) is 18.7 Å². The van der Waals surface area contributed by atoms with Gasteiger partial charge in [-0.2, -0.15) is 0 Å². The molecule has 0 aliphatic carbocycles. The summed E-state index contributed by atoms with van der Waals surface area (Å²) in [4.78, 5) is 51.9. The molecule has 2 aliphatic rings. The average Bonchev–Trinajstić information content (AvgIpc) is 4.06. The zero-order valence-electron chi connectivity index (χ0n) is 32.9. The van der Waals surface area contributed by atoms with Crippen LogP contribution in [0.15, 0.2) is 116 Å². The van der Waals surface area contributed by atoms with Crippen molar-refractivity contribution < 1.29 is 14.0 Å². The molecule has 0 spiro atoms. The molecule has 292 valence electrons. The van der Waals surface area contributed by atoms with E-state index in [2.05, 4.69) is 58.5 Å².